The fourth-order valence-electron chi connectivity index (χ4n) is 10.1. The molecule has 4 aliphatic carbocycles. The molecule has 9 nitrogen and oxygen atoms in total. The van der Waals surface area contributed by atoms with E-state index in [4.69, 9.17) is 9.47 Å². The summed E-state index contributed by atoms with van der Waals surface area (Å²) in [5.74, 6) is 2.45. The van der Waals surface area contributed by atoms with E-state index in [0.717, 1.165) is 70.4 Å². The number of nitrogens with zero attached hydrogens (tertiary/aromatic N) is 1. The molecule has 5 fully saturated rings. The molecule has 0 radical (unpaired) electrons. The van der Waals surface area contributed by atoms with Gasteiger partial charge < -0.3 is 40.3 Å². The number of aliphatic hydroxyl groups is 2. The minimum Gasteiger partial charge on any atom is -0.508 e. The number of hydrogen-bond acceptors (Lipinski definition) is 7. The predicted octanol–water partition coefficient (Wildman–Crippen LogP) is 7.53. The van der Waals surface area contributed by atoms with Crippen molar-refractivity contribution in [1.29, 1.82) is 0 Å². The number of rotatable bonds is 12. The SMILES string of the molecule is CN(C[C@@H]1C[C@H](c2ccc(CO)cc2)O[C@H](c2ccc(-c3ccccc3CNC(=O)NC34CC5CC(CC(C5)C3)C4)cc2)O1)C[C@@H](O)c1cccc(O)c1. The Morgan fingerprint density at radius 3 is 2.22 bits per heavy atom. The number of carbonyl (C=O) groups is 1. The molecule has 4 aromatic carbocycles. The molecule has 4 atom stereocenters. The van der Waals surface area contributed by atoms with Gasteiger partial charge in [-0.3, -0.25) is 0 Å². The first-order chi connectivity index (χ1) is 26.2. The Morgan fingerprint density at radius 2 is 1.54 bits per heavy atom. The molecule has 5 N–H and O–H groups in total. The summed E-state index contributed by atoms with van der Waals surface area (Å²) in [4.78, 5) is 15.3. The van der Waals surface area contributed by atoms with Gasteiger partial charge in [0.15, 0.2) is 6.29 Å². The highest BCUT2D eigenvalue weighted by Gasteiger charge is 2.51. The van der Waals surface area contributed by atoms with Gasteiger partial charge in [0.25, 0.3) is 0 Å². The lowest BCUT2D eigenvalue weighted by Crippen LogP contribution is -2.61. The third-order valence-electron chi connectivity index (χ3n) is 12.2. The van der Waals surface area contributed by atoms with Crippen LogP contribution < -0.4 is 10.6 Å². The minimum atomic E-state index is -0.763. The topological polar surface area (TPSA) is 124 Å². The Kier molecular flexibility index (Phi) is 10.8. The number of aromatic hydroxyl groups is 1. The van der Waals surface area contributed by atoms with Gasteiger partial charge in [-0.1, -0.05) is 84.9 Å². The van der Waals surface area contributed by atoms with Crippen molar-refractivity contribution in [3.63, 3.8) is 0 Å². The summed E-state index contributed by atoms with van der Waals surface area (Å²) in [5, 5.41) is 37.0. The molecule has 4 saturated carbocycles. The second-order valence-electron chi connectivity index (χ2n) is 16.5. The minimum absolute atomic E-state index is 0.0208. The van der Waals surface area contributed by atoms with Crippen molar-refractivity contribution in [3.8, 4) is 16.9 Å². The molecule has 9 heteroatoms. The maximum absolute atomic E-state index is 13.3. The van der Waals surface area contributed by atoms with E-state index in [-0.39, 0.29) is 36.1 Å². The standard InChI is InChI=1S/C45H53N3O6/c1-48(27-41(51)36-6-4-7-38(50)20-36)26-39-21-42(34-11-9-29(28-49)10-12-34)54-43(53-39)35-15-13-33(14-16-35)40-8-3-2-5-37(40)25-46-44(52)47-45-22-30-17-31(23-45)19-32(18-30)24-45/h2-16,20,30-32,39,41-43,49-51H,17-19,21-28H2,1H3,(H2,46,47,52)/t30?,31?,32?,39-,41+,42+,43+,45?/m0/s1. The summed E-state index contributed by atoms with van der Waals surface area (Å²) >= 11 is 0. The molecular formula is C45H53N3O6. The first-order valence-corrected chi connectivity index (χ1v) is 19.6. The van der Waals surface area contributed by atoms with E-state index < -0.39 is 12.4 Å². The molecule has 4 aromatic rings. The molecule has 0 spiro atoms. The smallest absolute Gasteiger partial charge is 0.315 e. The Balaban J connectivity index is 0.941. The summed E-state index contributed by atoms with van der Waals surface area (Å²) in [6, 6.07) is 31.0. The van der Waals surface area contributed by atoms with Gasteiger partial charge in [-0.2, -0.15) is 0 Å². The van der Waals surface area contributed by atoms with Crippen LogP contribution in [0, 0.1) is 17.8 Å². The van der Waals surface area contributed by atoms with Crippen molar-refractivity contribution in [1.82, 2.24) is 15.5 Å². The highest BCUT2D eigenvalue weighted by molar-refractivity contribution is 5.76. The zero-order valence-corrected chi connectivity index (χ0v) is 31.1. The lowest BCUT2D eigenvalue weighted by Gasteiger charge is -2.56. The molecule has 2 amide bonds. The summed E-state index contributed by atoms with van der Waals surface area (Å²) in [7, 11) is 1.96. The summed E-state index contributed by atoms with van der Waals surface area (Å²) in [6.07, 6.45) is 6.24. The molecule has 9 rings (SSSR count). The van der Waals surface area contributed by atoms with Crippen molar-refractivity contribution in [2.45, 2.75) is 88.2 Å². The highest BCUT2D eigenvalue weighted by atomic mass is 16.7. The Hall–Kier alpha value is -4.25. The van der Waals surface area contributed by atoms with Crippen LogP contribution in [0.3, 0.4) is 0 Å². The van der Waals surface area contributed by atoms with Crippen molar-refractivity contribution in [3.05, 3.63) is 125 Å². The normalized spacial score (nSPS) is 27.9. The second kappa shape index (κ2) is 15.8. The van der Waals surface area contributed by atoms with Gasteiger partial charge in [0, 0.05) is 37.2 Å². The van der Waals surface area contributed by atoms with E-state index in [1.165, 1.54) is 19.3 Å². The van der Waals surface area contributed by atoms with E-state index in [1.807, 2.05) is 66.5 Å². The number of phenols is 1. The average molecular weight is 732 g/mol. The number of benzene rings is 4. The molecule has 284 valence electrons. The molecule has 4 bridgehead atoms. The van der Waals surface area contributed by atoms with Crippen molar-refractivity contribution in [2.75, 3.05) is 20.1 Å². The number of urea groups is 1. The Bertz CT molecular complexity index is 1860. The lowest BCUT2D eigenvalue weighted by atomic mass is 9.53. The van der Waals surface area contributed by atoms with Crippen LogP contribution in [0.5, 0.6) is 5.75 Å². The van der Waals surface area contributed by atoms with Crippen molar-refractivity contribution >= 4 is 6.03 Å². The molecule has 54 heavy (non-hydrogen) atoms. The zero-order chi connectivity index (χ0) is 37.2. The number of likely N-dealkylation sites (N-methyl/N-ethyl adjacent to an activating group) is 1. The first kappa shape index (κ1) is 36.7. The quantitative estimate of drug-likeness (QED) is 0.102. The third-order valence-corrected chi connectivity index (χ3v) is 12.2. The van der Waals surface area contributed by atoms with Gasteiger partial charge in [0.2, 0.25) is 0 Å². The molecular weight excluding hydrogens is 679 g/mol. The van der Waals surface area contributed by atoms with E-state index in [9.17, 15) is 20.1 Å². The lowest BCUT2D eigenvalue weighted by molar-refractivity contribution is -0.252. The van der Waals surface area contributed by atoms with Gasteiger partial charge in [-0.15, -0.1) is 0 Å². The van der Waals surface area contributed by atoms with Gasteiger partial charge >= 0.3 is 6.03 Å². The zero-order valence-electron chi connectivity index (χ0n) is 31.1. The second-order valence-corrected chi connectivity index (χ2v) is 16.5. The number of carbonyl (C=O) groups excluding carboxylic acids is 1. The van der Waals surface area contributed by atoms with Crippen molar-refractivity contribution < 1.29 is 29.6 Å². The number of phenolic OH excluding ortho intramolecular Hbond substituents is 1. The Labute approximate surface area is 318 Å². The average Bonchev–Trinajstić information content (AvgIpc) is 3.16. The van der Waals surface area contributed by atoms with E-state index in [1.54, 1.807) is 18.2 Å². The fourth-order valence-corrected chi connectivity index (χ4v) is 10.1. The molecule has 0 aromatic heterocycles. The maximum atomic E-state index is 13.3. The number of nitrogens with one attached hydrogen (secondary N) is 2. The van der Waals surface area contributed by atoms with E-state index >= 15 is 0 Å². The number of ether oxygens (including phenoxy) is 2. The summed E-state index contributed by atoms with van der Waals surface area (Å²) in [6.45, 7) is 1.36. The fraction of sp³-hybridized carbons (Fsp3) is 0.444. The molecule has 0 unspecified atom stereocenters. The molecule has 5 aliphatic rings. The Morgan fingerprint density at radius 1 is 0.852 bits per heavy atom. The number of amides is 2. The van der Waals surface area contributed by atoms with Crippen LogP contribution in [-0.4, -0.2) is 58.0 Å². The van der Waals surface area contributed by atoms with Crippen LogP contribution in [0.4, 0.5) is 4.79 Å². The highest BCUT2D eigenvalue weighted by Crippen LogP contribution is 2.55. The third kappa shape index (κ3) is 8.36. The van der Waals surface area contributed by atoms with Gasteiger partial charge in [-0.05, 0) is 109 Å². The van der Waals surface area contributed by atoms with Crippen LogP contribution >= 0.6 is 0 Å². The van der Waals surface area contributed by atoms with Crippen LogP contribution in [0.25, 0.3) is 11.1 Å². The van der Waals surface area contributed by atoms with E-state index in [2.05, 4.69) is 34.9 Å². The largest absolute Gasteiger partial charge is 0.508 e. The monoisotopic (exact) mass is 731 g/mol. The van der Waals surface area contributed by atoms with Gasteiger partial charge in [0.1, 0.15) is 5.75 Å². The maximum Gasteiger partial charge on any atom is 0.315 e. The predicted molar refractivity (Wildman–Crippen MR) is 207 cm³/mol. The molecule has 1 aliphatic heterocycles. The molecule has 1 saturated heterocycles. The van der Waals surface area contributed by atoms with Gasteiger partial charge in [-0.25, -0.2) is 4.79 Å². The van der Waals surface area contributed by atoms with Crippen molar-refractivity contribution in [2.24, 2.45) is 17.8 Å². The number of aliphatic hydroxyl groups excluding tert-OH is 2. The summed E-state index contributed by atoms with van der Waals surface area (Å²) in [5.41, 5.74) is 6.55. The van der Waals surface area contributed by atoms with Crippen LogP contribution in [0.2, 0.25) is 0 Å². The van der Waals surface area contributed by atoms with Gasteiger partial charge in [0.05, 0.1) is 24.9 Å². The molecule has 1 heterocycles. The van der Waals surface area contributed by atoms with E-state index in [0.29, 0.717) is 31.6 Å². The first-order valence-electron chi connectivity index (χ1n) is 19.6. The summed E-state index contributed by atoms with van der Waals surface area (Å²) < 4.78 is 13.2. The van der Waals surface area contributed by atoms with Crippen LogP contribution in [0.15, 0.2) is 97.1 Å². The van der Waals surface area contributed by atoms with Crippen LogP contribution in [0.1, 0.15) is 91.3 Å². The van der Waals surface area contributed by atoms with Crippen LogP contribution in [-0.2, 0) is 22.6 Å². The number of hydrogen-bond donors (Lipinski definition) is 5.